The van der Waals surface area contributed by atoms with Crippen LogP contribution in [-0.4, -0.2) is 17.1 Å². The van der Waals surface area contributed by atoms with Crippen molar-refractivity contribution >= 4 is 28.6 Å². The number of fused-ring (bicyclic) bond motifs is 3. The molecule has 4 rings (SSSR count). The second-order valence-corrected chi connectivity index (χ2v) is 6.26. The van der Waals surface area contributed by atoms with E-state index in [1.54, 1.807) is 6.92 Å². The van der Waals surface area contributed by atoms with Gasteiger partial charge in [-0.25, -0.2) is 4.79 Å². The van der Waals surface area contributed by atoms with E-state index >= 15 is 0 Å². The molecule has 0 radical (unpaired) electrons. The lowest BCUT2D eigenvalue weighted by Gasteiger charge is -2.23. The predicted molar refractivity (Wildman–Crippen MR) is 104 cm³/mol. The first-order valence-electron chi connectivity index (χ1n) is 8.70. The third kappa shape index (κ3) is 2.69. The topological polar surface area (TPSA) is 57.2 Å². The molecule has 1 aliphatic heterocycles. The minimum Gasteiger partial charge on any atom is -0.462 e. The van der Waals surface area contributed by atoms with Crippen LogP contribution in [0.15, 0.2) is 71.8 Å². The van der Waals surface area contributed by atoms with E-state index in [0.29, 0.717) is 24.4 Å². The van der Waals surface area contributed by atoms with Crippen LogP contribution in [0.3, 0.4) is 0 Å². The molecule has 2 aromatic carbocycles. The van der Waals surface area contributed by atoms with Crippen LogP contribution in [0.5, 0.6) is 0 Å². The lowest BCUT2D eigenvalue weighted by Crippen LogP contribution is -2.23. The van der Waals surface area contributed by atoms with Gasteiger partial charge in [-0.1, -0.05) is 48.5 Å². The molecular weight excluding hydrogens is 324 g/mol. The van der Waals surface area contributed by atoms with Gasteiger partial charge in [0.2, 0.25) is 0 Å². The number of benzene rings is 2. The molecule has 4 nitrogen and oxygen atoms in total. The second-order valence-electron chi connectivity index (χ2n) is 6.26. The molecule has 0 bridgehead atoms. The maximum atomic E-state index is 12.6. The fraction of sp³-hybridized carbons (Fsp3) is 0.136. The zero-order valence-electron chi connectivity index (χ0n) is 14.6. The molecule has 0 spiro atoms. The Hall–Kier alpha value is -3.27. The largest absolute Gasteiger partial charge is 0.462 e. The molecule has 26 heavy (non-hydrogen) atoms. The summed E-state index contributed by atoms with van der Waals surface area (Å²) >= 11 is 0. The molecule has 2 N–H and O–H groups in total. The van der Waals surface area contributed by atoms with Crippen LogP contribution in [0, 0.1) is 0 Å². The number of hydrogen-bond acceptors (Lipinski definition) is 3. The van der Waals surface area contributed by atoms with Gasteiger partial charge < -0.3 is 15.0 Å². The van der Waals surface area contributed by atoms with E-state index in [0.717, 1.165) is 27.7 Å². The van der Waals surface area contributed by atoms with Crippen molar-refractivity contribution in [2.24, 2.45) is 5.73 Å². The number of carbonyl (C=O) groups is 1. The summed E-state index contributed by atoms with van der Waals surface area (Å²) in [6.45, 7) is 2.69. The Bertz CT molecular complexity index is 1040. The summed E-state index contributed by atoms with van der Waals surface area (Å²) < 4.78 is 7.44. The normalized spacial score (nSPS) is 15.3. The minimum absolute atomic E-state index is 0.317. The van der Waals surface area contributed by atoms with E-state index in [9.17, 15) is 4.79 Å². The van der Waals surface area contributed by atoms with Gasteiger partial charge in [-0.05, 0) is 36.3 Å². The van der Waals surface area contributed by atoms with Gasteiger partial charge in [0.25, 0.3) is 0 Å². The molecule has 3 aromatic rings. The summed E-state index contributed by atoms with van der Waals surface area (Å²) in [5.41, 5.74) is 11.2. The number of ether oxygens (including phenoxy) is 1. The van der Waals surface area contributed by atoms with Gasteiger partial charge >= 0.3 is 5.97 Å². The summed E-state index contributed by atoms with van der Waals surface area (Å²) in [6.07, 6.45) is 2.01. The average Bonchev–Trinajstić information content (AvgIpc) is 3.02. The van der Waals surface area contributed by atoms with E-state index in [1.165, 1.54) is 0 Å². The molecule has 1 aliphatic rings. The first kappa shape index (κ1) is 16.2. The van der Waals surface area contributed by atoms with Gasteiger partial charge in [-0.2, -0.15) is 0 Å². The lowest BCUT2D eigenvalue weighted by atomic mass is 9.96. The number of esters is 1. The van der Waals surface area contributed by atoms with Crippen LogP contribution in [0.4, 0.5) is 0 Å². The van der Waals surface area contributed by atoms with Crippen molar-refractivity contribution in [3.63, 3.8) is 0 Å². The summed E-state index contributed by atoms with van der Waals surface area (Å²) in [7, 11) is 0. The maximum absolute atomic E-state index is 12.6. The van der Waals surface area contributed by atoms with E-state index in [-0.39, 0.29) is 5.97 Å². The molecule has 1 aromatic heterocycles. The van der Waals surface area contributed by atoms with Crippen LogP contribution < -0.4 is 5.73 Å². The van der Waals surface area contributed by atoms with Crippen molar-refractivity contribution in [2.45, 2.75) is 13.5 Å². The first-order valence-corrected chi connectivity index (χ1v) is 8.70. The zero-order valence-corrected chi connectivity index (χ0v) is 14.6. The lowest BCUT2D eigenvalue weighted by molar-refractivity contribution is -0.138. The number of nitrogens with two attached hydrogens (primary N) is 1. The minimum atomic E-state index is -0.372. The molecule has 0 unspecified atom stereocenters. The number of nitrogens with zero attached hydrogens (tertiary/aromatic N) is 1. The zero-order chi connectivity index (χ0) is 18.1. The fourth-order valence-corrected chi connectivity index (χ4v) is 3.47. The molecule has 0 fully saturated rings. The Morgan fingerprint density at radius 3 is 2.65 bits per heavy atom. The highest BCUT2D eigenvalue weighted by Crippen LogP contribution is 2.34. The highest BCUT2D eigenvalue weighted by Gasteiger charge is 2.28. The summed E-state index contributed by atoms with van der Waals surface area (Å²) in [5.74, 6) is -0.372. The maximum Gasteiger partial charge on any atom is 0.340 e. The van der Waals surface area contributed by atoms with Crippen molar-refractivity contribution in [3.05, 3.63) is 83.1 Å². The number of rotatable bonds is 3. The summed E-state index contributed by atoms with van der Waals surface area (Å²) in [6, 6.07) is 20.1. The van der Waals surface area contributed by atoms with E-state index in [1.807, 2.05) is 54.6 Å². The number of hydrogen-bond donors (Lipinski definition) is 1. The number of para-hydroxylation sites is 1. The van der Waals surface area contributed by atoms with Crippen molar-refractivity contribution in [3.8, 4) is 0 Å². The summed E-state index contributed by atoms with van der Waals surface area (Å²) in [5, 5.41) is 1.11. The van der Waals surface area contributed by atoms with Crippen molar-refractivity contribution in [1.29, 1.82) is 0 Å². The first-order chi connectivity index (χ1) is 12.7. The predicted octanol–water partition coefficient (Wildman–Crippen LogP) is 3.97. The Labute approximate surface area is 152 Å². The molecule has 0 atom stereocenters. The van der Waals surface area contributed by atoms with Crippen LogP contribution in [0.25, 0.3) is 22.7 Å². The van der Waals surface area contributed by atoms with Crippen LogP contribution in [0.1, 0.15) is 18.2 Å². The third-order valence-corrected chi connectivity index (χ3v) is 4.63. The Morgan fingerprint density at radius 1 is 1.15 bits per heavy atom. The smallest absolute Gasteiger partial charge is 0.340 e. The molecule has 130 valence electrons. The third-order valence-electron chi connectivity index (χ3n) is 4.63. The van der Waals surface area contributed by atoms with Gasteiger partial charge in [0.15, 0.2) is 0 Å². The molecular formula is C22H20N2O2. The molecule has 4 heteroatoms. The SMILES string of the molecule is CCOC(=O)C1=C(N)c2cc3ccccc3n2C/C1=C\c1ccccc1. The van der Waals surface area contributed by atoms with Gasteiger partial charge in [0.05, 0.1) is 23.6 Å². The van der Waals surface area contributed by atoms with E-state index in [4.69, 9.17) is 10.5 Å². The molecule has 0 amide bonds. The molecule has 0 aliphatic carbocycles. The summed E-state index contributed by atoms with van der Waals surface area (Å²) in [4.78, 5) is 12.6. The van der Waals surface area contributed by atoms with Crippen molar-refractivity contribution < 1.29 is 9.53 Å². The standard InChI is InChI=1S/C22H20N2O2/c1-2-26-22(25)20-17(12-15-8-4-3-5-9-15)14-24-18-11-7-6-10-16(18)13-19(24)21(20)23/h3-13H,2,14,23H2,1H3/b17-12+. The molecule has 0 saturated heterocycles. The van der Waals surface area contributed by atoms with Gasteiger partial charge in [-0.15, -0.1) is 0 Å². The van der Waals surface area contributed by atoms with Gasteiger partial charge in [-0.3, -0.25) is 0 Å². The van der Waals surface area contributed by atoms with Gasteiger partial charge in [0.1, 0.15) is 0 Å². The average molecular weight is 344 g/mol. The monoisotopic (exact) mass is 344 g/mol. The van der Waals surface area contributed by atoms with Crippen LogP contribution >= 0.6 is 0 Å². The van der Waals surface area contributed by atoms with Crippen LogP contribution in [0.2, 0.25) is 0 Å². The highest BCUT2D eigenvalue weighted by atomic mass is 16.5. The number of carbonyl (C=O) groups excluding carboxylic acids is 1. The molecule has 0 saturated carbocycles. The Kier molecular flexibility index (Phi) is 4.09. The Morgan fingerprint density at radius 2 is 1.88 bits per heavy atom. The van der Waals surface area contributed by atoms with Crippen molar-refractivity contribution in [1.82, 2.24) is 4.57 Å². The van der Waals surface area contributed by atoms with E-state index < -0.39 is 0 Å². The molecule has 2 heterocycles. The van der Waals surface area contributed by atoms with Crippen molar-refractivity contribution in [2.75, 3.05) is 6.61 Å². The van der Waals surface area contributed by atoms with Gasteiger partial charge in [0, 0.05) is 17.4 Å². The van der Waals surface area contributed by atoms with E-state index in [2.05, 4.69) is 16.7 Å². The quantitative estimate of drug-likeness (QED) is 0.732. The highest BCUT2D eigenvalue weighted by molar-refractivity contribution is 6.04. The second kappa shape index (κ2) is 6.56. The number of aromatic nitrogens is 1. The Balaban J connectivity index is 1.93. The fourth-order valence-electron chi connectivity index (χ4n) is 3.47. The van der Waals surface area contributed by atoms with Crippen LogP contribution in [-0.2, 0) is 16.1 Å².